The van der Waals surface area contributed by atoms with Crippen LogP contribution in [0, 0.1) is 5.41 Å². The zero-order valence-electron chi connectivity index (χ0n) is 17.7. The summed E-state index contributed by atoms with van der Waals surface area (Å²) in [6, 6.07) is 5.30. The largest absolute Gasteiger partial charge is 0.371 e. The van der Waals surface area contributed by atoms with Crippen LogP contribution in [0.3, 0.4) is 0 Å². The maximum Gasteiger partial charge on any atom is 0.175 e. The lowest BCUT2D eigenvalue weighted by molar-refractivity contribution is 0.0860. The van der Waals surface area contributed by atoms with Gasteiger partial charge in [-0.15, -0.1) is 0 Å². The minimum Gasteiger partial charge on any atom is -0.371 e. The zero-order valence-corrected chi connectivity index (χ0v) is 18.5. The Morgan fingerprint density at radius 1 is 1.13 bits per heavy atom. The van der Waals surface area contributed by atoms with Gasteiger partial charge in [0.2, 0.25) is 0 Å². The van der Waals surface area contributed by atoms with Crippen molar-refractivity contribution in [2.45, 2.75) is 38.5 Å². The fraction of sp³-hybridized carbons (Fsp3) is 0.409. The van der Waals surface area contributed by atoms with E-state index >= 15 is 0 Å². The van der Waals surface area contributed by atoms with Crippen LogP contribution in [0.1, 0.15) is 44.0 Å². The van der Waals surface area contributed by atoms with Crippen LogP contribution in [-0.2, 0) is 9.84 Å². The van der Waals surface area contributed by atoms with E-state index in [4.69, 9.17) is 4.98 Å². The number of ketones is 1. The Morgan fingerprint density at radius 3 is 2.47 bits per heavy atom. The minimum atomic E-state index is -3.39. The lowest BCUT2D eigenvalue weighted by Crippen LogP contribution is -2.20. The Morgan fingerprint density at radius 2 is 1.83 bits per heavy atom. The molecule has 3 aromatic rings. The van der Waals surface area contributed by atoms with Gasteiger partial charge in [-0.3, -0.25) is 4.79 Å². The first-order chi connectivity index (χ1) is 14.0. The van der Waals surface area contributed by atoms with Crippen molar-refractivity contribution in [3.05, 3.63) is 36.2 Å². The number of nitrogens with zero attached hydrogens (tertiary/aromatic N) is 3. The second-order valence-electron chi connectivity index (χ2n) is 8.92. The SMILES string of the molecule is CC(C)(C)C(=O)c1c[nH]c2ncc(-c3cc(N4CCCC4)cc(S(C)(=O)=O)c3)nc12. The highest BCUT2D eigenvalue weighted by molar-refractivity contribution is 7.90. The van der Waals surface area contributed by atoms with Crippen molar-refractivity contribution < 1.29 is 13.2 Å². The van der Waals surface area contributed by atoms with Gasteiger partial charge in [0, 0.05) is 42.2 Å². The Kier molecular flexibility index (Phi) is 4.92. The van der Waals surface area contributed by atoms with Crippen LogP contribution in [0.4, 0.5) is 5.69 Å². The fourth-order valence-electron chi connectivity index (χ4n) is 3.71. The molecule has 4 rings (SSSR count). The molecule has 0 aliphatic carbocycles. The van der Waals surface area contributed by atoms with E-state index in [9.17, 15) is 13.2 Å². The number of rotatable bonds is 4. The zero-order chi connectivity index (χ0) is 21.7. The number of carbonyl (C=O) groups is 1. The highest BCUT2D eigenvalue weighted by atomic mass is 32.2. The molecule has 1 aromatic carbocycles. The summed E-state index contributed by atoms with van der Waals surface area (Å²) < 4.78 is 24.6. The normalized spacial score (nSPS) is 15.1. The van der Waals surface area contributed by atoms with Crippen LogP contribution in [0.15, 0.2) is 35.5 Å². The average molecular weight is 427 g/mol. The van der Waals surface area contributed by atoms with Crippen LogP contribution >= 0.6 is 0 Å². The molecule has 1 N–H and O–H groups in total. The molecule has 0 amide bonds. The first-order valence-electron chi connectivity index (χ1n) is 10.0. The Hall–Kier alpha value is -2.74. The molecule has 1 aliphatic rings. The molecular weight excluding hydrogens is 400 g/mol. The molecule has 0 saturated carbocycles. The van der Waals surface area contributed by atoms with Gasteiger partial charge in [0.25, 0.3) is 0 Å². The van der Waals surface area contributed by atoms with Crippen molar-refractivity contribution in [3.63, 3.8) is 0 Å². The molecule has 1 saturated heterocycles. The summed E-state index contributed by atoms with van der Waals surface area (Å²) in [5, 5.41) is 0. The van der Waals surface area contributed by atoms with Crippen molar-refractivity contribution >= 4 is 32.5 Å². The van der Waals surface area contributed by atoms with Crippen LogP contribution in [-0.4, -0.2) is 48.5 Å². The van der Waals surface area contributed by atoms with Gasteiger partial charge in [-0.25, -0.2) is 18.4 Å². The van der Waals surface area contributed by atoms with Crippen molar-refractivity contribution in [3.8, 4) is 11.3 Å². The smallest absolute Gasteiger partial charge is 0.175 e. The van der Waals surface area contributed by atoms with Crippen LogP contribution < -0.4 is 4.90 Å². The summed E-state index contributed by atoms with van der Waals surface area (Å²) in [6.45, 7) is 7.40. The summed E-state index contributed by atoms with van der Waals surface area (Å²) >= 11 is 0. The van der Waals surface area contributed by atoms with Gasteiger partial charge in [0.1, 0.15) is 5.52 Å². The van der Waals surface area contributed by atoms with Crippen molar-refractivity contribution in [2.75, 3.05) is 24.2 Å². The van der Waals surface area contributed by atoms with Crippen molar-refractivity contribution in [1.29, 1.82) is 0 Å². The van der Waals surface area contributed by atoms with Gasteiger partial charge in [0.05, 0.1) is 22.3 Å². The number of hydrogen-bond donors (Lipinski definition) is 1. The Balaban J connectivity index is 1.87. The van der Waals surface area contributed by atoms with Crippen molar-refractivity contribution in [1.82, 2.24) is 15.0 Å². The monoisotopic (exact) mass is 426 g/mol. The van der Waals surface area contributed by atoms with Crippen LogP contribution in [0.2, 0.25) is 0 Å². The molecule has 7 nitrogen and oxygen atoms in total. The van der Waals surface area contributed by atoms with E-state index in [1.807, 2.05) is 26.8 Å². The predicted molar refractivity (Wildman–Crippen MR) is 118 cm³/mol. The van der Waals surface area contributed by atoms with Gasteiger partial charge in [0.15, 0.2) is 21.3 Å². The first kappa shape index (κ1) is 20.5. The topological polar surface area (TPSA) is 96.0 Å². The third kappa shape index (κ3) is 3.84. The minimum absolute atomic E-state index is 0.0251. The molecule has 158 valence electrons. The van der Waals surface area contributed by atoms with Gasteiger partial charge in [-0.1, -0.05) is 20.8 Å². The van der Waals surface area contributed by atoms with Crippen molar-refractivity contribution in [2.24, 2.45) is 5.41 Å². The van der Waals surface area contributed by atoms with Gasteiger partial charge < -0.3 is 9.88 Å². The predicted octanol–water partition coefficient (Wildman–Crippen LogP) is 3.86. The number of benzene rings is 1. The molecule has 30 heavy (non-hydrogen) atoms. The number of H-pyrrole nitrogens is 1. The van der Waals surface area contributed by atoms with Crippen LogP contribution in [0.25, 0.3) is 22.4 Å². The number of hydrogen-bond acceptors (Lipinski definition) is 6. The van der Waals surface area contributed by atoms with Gasteiger partial charge >= 0.3 is 0 Å². The second-order valence-corrected chi connectivity index (χ2v) is 10.9. The number of carbonyl (C=O) groups excluding carboxylic acids is 1. The third-order valence-electron chi connectivity index (χ3n) is 5.39. The average Bonchev–Trinajstić information content (AvgIpc) is 3.35. The summed E-state index contributed by atoms with van der Waals surface area (Å²) in [5.74, 6) is -0.0251. The Bertz CT molecular complexity index is 1230. The highest BCUT2D eigenvalue weighted by Gasteiger charge is 2.26. The number of nitrogens with one attached hydrogen (secondary N) is 1. The number of aromatic nitrogens is 3. The van der Waals surface area contributed by atoms with E-state index in [2.05, 4.69) is 14.9 Å². The maximum atomic E-state index is 12.8. The first-order valence-corrected chi connectivity index (χ1v) is 11.9. The molecule has 3 heterocycles. The van der Waals surface area contributed by atoms with E-state index in [0.29, 0.717) is 28.0 Å². The molecule has 0 atom stereocenters. The number of Topliss-reactive ketones (excluding diaryl/α,β-unsaturated/α-hetero) is 1. The number of anilines is 1. The lowest BCUT2D eigenvalue weighted by atomic mass is 9.87. The molecule has 0 radical (unpaired) electrons. The molecule has 0 bridgehead atoms. The molecular formula is C22H26N4O3S. The van der Waals surface area contributed by atoms with E-state index < -0.39 is 15.3 Å². The highest BCUT2D eigenvalue weighted by Crippen LogP contribution is 2.31. The fourth-order valence-corrected chi connectivity index (χ4v) is 4.39. The summed E-state index contributed by atoms with van der Waals surface area (Å²) in [6.07, 6.45) is 6.64. The quantitative estimate of drug-likeness (QED) is 0.637. The summed E-state index contributed by atoms with van der Waals surface area (Å²) in [4.78, 5) is 27.4. The van der Waals surface area contributed by atoms with E-state index in [1.54, 1.807) is 24.5 Å². The molecule has 0 unspecified atom stereocenters. The third-order valence-corrected chi connectivity index (χ3v) is 6.49. The second kappa shape index (κ2) is 7.19. The summed E-state index contributed by atoms with van der Waals surface area (Å²) in [5.41, 5.74) is 3.05. The van der Waals surface area contributed by atoms with E-state index in [-0.39, 0.29) is 10.7 Å². The number of sulfone groups is 1. The standard InChI is InChI=1S/C22H26N4O3S/c1-22(2,3)20(27)17-12-23-21-19(17)25-18(13-24-21)14-9-15(26-7-5-6-8-26)11-16(10-14)30(4,28)29/h9-13H,5-8H2,1-4H3,(H,23,24). The van der Waals surface area contributed by atoms with E-state index in [0.717, 1.165) is 31.6 Å². The maximum absolute atomic E-state index is 12.8. The Labute approximate surface area is 176 Å². The molecule has 1 aliphatic heterocycles. The molecule has 0 spiro atoms. The summed E-state index contributed by atoms with van der Waals surface area (Å²) in [7, 11) is -3.39. The van der Waals surface area contributed by atoms with Gasteiger partial charge in [-0.2, -0.15) is 0 Å². The van der Waals surface area contributed by atoms with Crippen LogP contribution in [0.5, 0.6) is 0 Å². The lowest BCUT2D eigenvalue weighted by Gasteiger charge is -2.19. The number of fused-ring (bicyclic) bond motifs is 1. The molecule has 1 fully saturated rings. The molecule has 8 heteroatoms. The molecule has 2 aromatic heterocycles. The van der Waals surface area contributed by atoms with Gasteiger partial charge in [-0.05, 0) is 31.0 Å². The number of aromatic amines is 1. The van der Waals surface area contributed by atoms with E-state index in [1.165, 1.54) is 6.26 Å².